The van der Waals surface area contributed by atoms with Crippen LogP contribution in [-0.2, 0) is 9.78 Å². The number of hydrogen-bond donors (Lipinski definition) is 1. The van der Waals surface area contributed by atoms with Gasteiger partial charge < -0.3 is 9.59 Å². The first-order chi connectivity index (χ1) is 6.96. The Morgan fingerprint density at radius 1 is 1.27 bits per heavy atom. The smallest absolute Gasteiger partial charge is 0.115 e. The normalized spacial score (nSPS) is 33.0. The van der Waals surface area contributed by atoms with Crippen molar-refractivity contribution in [3.8, 4) is 0 Å². The van der Waals surface area contributed by atoms with E-state index in [0.29, 0.717) is 12.6 Å². The van der Waals surface area contributed by atoms with Crippen molar-refractivity contribution in [3.05, 3.63) is 0 Å². The zero-order chi connectivity index (χ0) is 11.5. The summed E-state index contributed by atoms with van der Waals surface area (Å²) in [4.78, 5) is 9.53. The van der Waals surface area contributed by atoms with Gasteiger partial charge >= 0.3 is 0 Å². The Morgan fingerprint density at radius 3 is 2.47 bits per heavy atom. The quantitative estimate of drug-likeness (QED) is 0.431. The van der Waals surface area contributed by atoms with E-state index in [1.54, 1.807) is 0 Å². The molecule has 1 fully saturated rings. The number of likely N-dealkylation sites (N-methyl/N-ethyl adjacent to an activating group) is 1. The van der Waals surface area contributed by atoms with E-state index in [1.165, 1.54) is 7.11 Å². The molecular weight excluding hydrogens is 194 g/mol. The molecular formula is C11H24NO3+. The summed E-state index contributed by atoms with van der Waals surface area (Å²) in [6, 6.07) is 0.309. The third kappa shape index (κ3) is 3.41. The molecule has 1 rings (SSSR count). The highest BCUT2D eigenvalue weighted by Gasteiger charge is 2.39. The molecule has 2 unspecified atom stereocenters. The first-order valence-electron chi connectivity index (χ1n) is 5.61. The van der Waals surface area contributed by atoms with Gasteiger partial charge in [-0.3, -0.25) is 0 Å². The first kappa shape index (κ1) is 12.9. The Labute approximate surface area is 92.3 Å². The monoisotopic (exact) mass is 218 g/mol. The average Bonchev–Trinajstić information content (AvgIpc) is 2.14. The van der Waals surface area contributed by atoms with Gasteiger partial charge in [0.1, 0.15) is 12.1 Å². The van der Waals surface area contributed by atoms with Gasteiger partial charge in [-0.2, -0.15) is 0 Å². The lowest BCUT2D eigenvalue weighted by Crippen LogP contribution is -2.56. The van der Waals surface area contributed by atoms with E-state index < -0.39 is 0 Å². The Balaban J connectivity index is 2.55. The maximum absolute atomic E-state index is 10.2. The lowest BCUT2D eigenvalue weighted by molar-refractivity contribution is -0.901. The average molecular weight is 218 g/mol. The molecule has 1 N–H and O–H groups in total. The molecule has 0 bridgehead atoms. The molecule has 90 valence electrons. The molecule has 0 saturated heterocycles. The van der Waals surface area contributed by atoms with E-state index in [2.05, 4.69) is 26.0 Å². The van der Waals surface area contributed by atoms with Gasteiger partial charge in [-0.05, 0) is 12.8 Å². The number of hydrogen-bond acceptors (Lipinski definition) is 3. The van der Waals surface area contributed by atoms with Crippen molar-refractivity contribution in [1.82, 2.24) is 0 Å². The lowest BCUT2D eigenvalue weighted by Gasteiger charge is -2.42. The summed E-state index contributed by atoms with van der Waals surface area (Å²) in [5, 5.41) is 10.2. The Bertz CT molecular complexity index is 191. The van der Waals surface area contributed by atoms with Crippen LogP contribution in [0.4, 0.5) is 0 Å². The van der Waals surface area contributed by atoms with E-state index in [4.69, 9.17) is 4.89 Å². The molecule has 1 saturated carbocycles. The molecule has 0 heterocycles. The third-order valence-electron chi connectivity index (χ3n) is 3.35. The molecule has 0 aliphatic heterocycles. The van der Waals surface area contributed by atoms with Crippen LogP contribution in [0.15, 0.2) is 0 Å². The van der Waals surface area contributed by atoms with Crippen molar-refractivity contribution >= 4 is 0 Å². The molecule has 0 spiro atoms. The van der Waals surface area contributed by atoms with Crippen molar-refractivity contribution in [1.29, 1.82) is 0 Å². The van der Waals surface area contributed by atoms with Gasteiger partial charge in [0.25, 0.3) is 0 Å². The molecule has 0 amide bonds. The molecule has 1 aliphatic rings. The Hall–Kier alpha value is -0.160. The van der Waals surface area contributed by atoms with Gasteiger partial charge in [0.2, 0.25) is 0 Å². The summed E-state index contributed by atoms with van der Waals surface area (Å²) in [7, 11) is 7.90. The van der Waals surface area contributed by atoms with Gasteiger partial charge in [-0.25, -0.2) is 9.78 Å². The highest BCUT2D eigenvalue weighted by molar-refractivity contribution is 4.82. The predicted molar refractivity (Wildman–Crippen MR) is 58.1 cm³/mol. The van der Waals surface area contributed by atoms with Crippen LogP contribution in [-0.4, -0.2) is 56.6 Å². The Morgan fingerprint density at radius 2 is 1.93 bits per heavy atom. The zero-order valence-electron chi connectivity index (χ0n) is 10.3. The van der Waals surface area contributed by atoms with Crippen molar-refractivity contribution in [2.24, 2.45) is 5.92 Å². The van der Waals surface area contributed by atoms with Gasteiger partial charge in [0.15, 0.2) is 0 Å². The lowest BCUT2D eigenvalue weighted by atomic mass is 9.82. The van der Waals surface area contributed by atoms with E-state index in [1.807, 2.05) is 0 Å². The number of aliphatic hydroxyl groups excluding tert-OH is 1. The van der Waals surface area contributed by atoms with Crippen LogP contribution < -0.4 is 0 Å². The highest BCUT2D eigenvalue weighted by atomic mass is 17.2. The van der Waals surface area contributed by atoms with Gasteiger partial charge in [-0.1, -0.05) is 0 Å². The summed E-state index contributed by atoms with van der Waals surface area (Å²) < 4.78 is 0.810. The van der Waals surface area contributed by atoms with Crippen LogP contribution in [0.5, 0.6) is 0 Å². The summed E-state index contributed by atoms with van der Waals surface area (Å²) in [5.74, 6) is 0.209. The van der Waals surface area contributed by atoms with Crippen LogP contribution in [0.2, 0.25) is 0 Å². The minimum atomic E-state index is -0.283. The van der Waals surface area contributed by atoms with E-state index in [9.17, 15) is 5.11 Å². The van der Waals surface area contributed by atoms with Crippen LogP contribution in [0.1, 0.15) is 19.3 Å². The maximum atomic E-state index is 10.2. The fraction of sp³-hybridized carbons (Fsp3) is 1.00. The van der Waals surface area contributed by atoms with Crippen molar-refractivity contribution in [2.45, 2.75) is 31.4 Å². The fourth-order valence-corrected chi connectivity index (χ4v) is 2.43. The minimum Gasteiger partial charge on any atom is -0.387 e. The fourth-order valence-electron chi connectivity index (χ4n) is 2.43. The largest absolute Gasteiger partial charge is 0.387 e. The zero-order valence-corrected chi connectivity index (χ0v) is 10.3. The number of nitrogens with zero attached hydrogens (tertiary/aromatic N) is 1. The van der Waals surface area contributed by atoms with E-state index in [0.717, 1.165) is 23.7 Å². The molecule has 4 heteroatoms. The molecule has 15 heavy (non-hydrogen) atoms. The van der Waals surface area contributed by atoms with E-state index >= 15 is 0 Å². The molecule has 0 aromatic carbocycles. The van der Waals surface area contributed by atoms with Crippen LogP contribution in [0.25, 0.3) is 0 Å². The van der Waals surface area contributed by atoms with Gasteiger partial charge in [0, 0.05) is 12.3 Å². The highest BCUT2D eigenvalue weighted by Crippen LogP contribution is 2.29. The second-order valence-electron chi connectivity index (χ2n) is 5.32. The SMILES string of the molecule is COOC[C@@H]1CCCC([N+](C)(C)C)C1O. The number of quaternary nitrogens is 1. The molecule has 0 radical (unpaired) electrons. The third-order valence-corrected chi connectivity index (χ3v) is 3.35. The topological polar surface area (TPSA) is 38.7 Å². The van der Waals surface area contributed by atoms with Crippen LogP contribution in [0, 0.1) is 5.92 Å². The molecule has 0 aromatic rings. The standard InChI is InChI=1S/C11H24NO3/c1-12(2,3)10-7-5-6-9(11(10)13)8-15-14-4/h9-11,13H,5-8H2,1-4H3/q+1/t9-,10?,11?/m0/s1. The molecule has 0 aromatic heterocycles. The second kappa shape index (κ2) is 5.25. The van der Waals surface area contributed by atoms with Gasteiger partial charge in [-0.15, -0.1) is 0 Å². The van der Waals surface area contributed by atoms with Crippen LogP contribution in [0.3, 0.4) is 0 Å². The molecule has 1 aliphatic carbocycles. The second-order valence-corrected chi connectivity index (χ2v) is 5.32. The summed E-state index contributed by atoms with van der Waals surface area (Å²) >= 11 is 0. The van der Waals surface area contributed by atoms with Crippen molar-refractivity contribution < 1.29 is 19.4 Å². The first-order valence-corrected chi connectivity index (χ1v) is 5.61. The number of rotatable bonds is 4. The summed E-state index contributed by atoms with van der Waals surface area (Å²) in [6.07, 6.45) is 3.00. The molecule has 3 atom stereocenters. The van der Waals surface area contributed by atoms with Crippen molar-refractivity contribution in [2.75, 3.05) is 34.9 Å². The Kier molecular flexibility index (Phi) is 4.52. The van der Waals surface area contributed by atoms with Gasteiger partial charge in [0.05, 0.1) is 34.9 Å². The minimum absolute atomic E-state index is 0.209. The summed E-state index contributed by atoms with van der Waals surface area (Å²) in [6.45, 7) is 0.494. The predicted octanol–water partition coefficient (Wildman–Crippen LogP) is 0.800. The van der Waals surface area contributed by atoms with Crippen molar-refractivity contribution in [3.63, 3.8) is 0 Å². The maximum Gasteiger partial charge on any atom is 0.115 e. The summed E-state index contributed by atoms with van der Waals surface area (Å²) in [5.41, 5.74) is 0. The number of aliphatic hydroxyl groups is 1. The van der Waals surface area contributed by atoms with E-state index in [-0.39, 0.29) is 12.0 Å². The van der Waals surface area contributed by atoms with Crippen LogP contribution >= 0.6 is 0 Å². The molecule has 4 nitrogen and oxygen atoms in total.